The second-order valence-corrected chi connectivity index (χ2v) is 13.6. The second kappa shape index (κ2) is 21.9. The summed E-state index contributed by atoms with van der Waals surface area (Å²) in [5.41, 5.74) is 0. The number of carbonyl (C=O) groups is 2. The van der Waals surface area contributed by atoms with E-state index in [9.17, 15) is 0 Å². The van der Waals surface area contributed by atoms with Gasteiger partial charge in [-0.25, -0.2) is 0 Å². The third-order valence-electron chi connectivity index (χ3n) is 5.78. The van der Waals surface area contributed by atoms with Crippen molar-refractivity contribution in [2.45, 2.75) is 33.6 Å². The molecule has 0 N–H and O–H groups in total. The molecule has 42 heavy (non-hydrogen) atoms. The van der Waals surface area contributed by atoms with Crippen molar-refractivity contribution in [1.29, 1.82) is 0 Å². The molecule has 5 nitrogen and oxygen atoms in total. The van der Waals surface area contributed by atoms with Crippen molar-refractivity contribution in [3.8, 4) is 0 Å². The Labute approximate surface area is 267 Å². The molecule has 0 aromatic heterocycles. The first-order chi connectivity index (χ1) is 19.8. The molecular weight excluding hydrogens is 655 g/mol. The number of carboxylic acid groups (broad SMARTS) is 2. The van der Waals surface area contributed by atoms with Gasteiger partial charge in [0.1, 0.15) is 0 Å². The van der Waals surface area contributed by atoms with Crippen molar-refractivity contribution >= 4 is 49.0 Å². The number of unbranched alkanes of at least 4 members (excludes halogenated alkanes) is 1. The Bertz CT molecular complexity index is 1080. The SMILES string of the molecule is CC(=O)[O-].CC(=O)[O-].CCCCN(CP(c1ccccc1)c1ccccc1)CP(c1ccccc1)c1ccccc1.[Pd+2]. The molecule has 0 saturated heterocycles. The Morgan fingerprint density at radius 2 is 0.810 bits per heavy atom. The van der Waals surface area contributed by atoms with Gasteiger partial charge < -0.3 is 19.8 Å². The van der Waals surface area contributed by atoms with Crippen LogP contribution in [0.15, 0.2) is 121 Å². The van der Waals surface area contributed by atoms with Crippen molar-refractivity contribution in [1.82, 2.24) is 4.90 Å². The van der Waals surface area contributed by atoms with Crippen LogP contribution in [-0.4, -0.2) is 36.0 Å². The first-order valence-electron chi connectivity index (χ1n) is 13.6. The van der Waals surface area contributed by atoms with Gasteiger partial charge in [-0.2, -0.15) is 0 Å². The fourth-order valence-electron chi connectivity index (χ4n) is 4.02. The van der Waals surface area contributed by atoms with Crippen LogP contribution >= 0.6 is 15.8 Å². The van der Waals surface area contributed by atoms with E-state index in [1.165, 1.54) is 34.1 Å². The van der Waals surface area contributed by atoms with Crippen molar-refractivity contribution in [3.05, 3.63) is 121 Å². The maximum atomic E-state index is 8.89. The fraction of sp³-hybridized carbons (Fsp3) is 0.235. The van der Waals surface area contributed by atoms with Crippen LogP contribution in [0.1, 0.15) is 33.6 Å². The van der Waals surface area contributed by atoms with Crippen molar-refractivity contribution < 1.29 is 40.2 Å². The summed E-state index contributed by atoms with van der Waals surface area (Å²) in [7, 11) is -0.878. The van der Waals surface area contributed by atoms with Gasteiger partial charge in [-0.15, -0.1) is 0 Å². The molecule has 4 aromatic carbocycles. The smallest absolute Gasteiger partial charge is 0.550 e. The van der Waals surface area contributed by atoms with Crippen LogP contribution in [-0.2, 0) is 30.0 Å². The molecule has 0 unspecified atom stereocenters. The summed E-state index contributed by atoms with van der Waals surface area (Å²) in [6.07, 6.45) is 4.66. The van der Waals surface area contributed by atoms with E-state index >= 15 is 0 Å². The zero-order valence-corrected chi connectivity index (χ0v) is 27.7. The minimum Gasteiger partial charge on any atom is -0.550 e. The van der Waals surface area contributed by atoms with Gasteiger partial charge in [-0.05, 0) is 63.9 Å². The summed E-state index contributed by atoms with van der Waals surface area (Å²) in [5.74, 6) is -2.17. The molecule has 0 radical (unpaired) electrons. The molecule has 0 spiro atoms. The van der Waals surface area contributed by atoms with E-state index in [0.29, 0.717) is 0 Å². The first kappa shape index (κ1) is 37.3. The van der Waals surface area contributed by atoms with Crippen LogP contribution in [0.4, 0.5) is 0 Å². The summed E-state index contributed by atoms with van der Waals surface area (Å²) in [6, 6.07) is 44.5. The van der Waals surface area contributed by atoms with Gasteiger partial charge in [0.15, 0.2) is 0 Å². The quantitative estimate of drug-likeness (QED) is 0.177. The predicted octanol–water partition coefficient (Wildman–Crippen LogP) is 3.78. The normalized spacial score (nSPS) is 10.1. The van der Waals surface area contributed by atoms with Crippen LogP contribution in [0.2, 0.25) is 0 Å². The summed E-state index contributed by atoms with van der Waals surface area (Å²) in [5, 5.41) is 23.6. The van der Waals surface area contributed by atoms with Crippen LogP contribution in [0.25, 0.3) is 0 Å². The minimum atomic E-state index is -1.08. The Morgan fingerprint density at radius 3 is 1.02 bits per heavy atom. The minimum absolute atomic E-state index is 0. The van der Waals surface area contributed by atoms with Crippen LogP contribution < -0.4 is 31.4 Å². The van der Waals surface area contributed by atoms with E-state index in [2.05, 4.69) is 133 Å². The number of aliphatic carboxylic acids is 2. The Hall–Kier alpha value is -2.70. The van der Waals surface area contributed by atoms with E-state index in [4.69, 9.17) is 19.8 Å². The van der Waals surface area contributed by atoms with Crippen LogP contribution in [0.3, 0.4) is 0 Å². The van der Waals surface area contributed by atoms with E-state index in [0.717, 1.165) is 33.0 Å². The third-order valence-corrected chi connectivity index (χ3v) is 10.8. The molecule has 0 saturated carbocycles. The molecular formula is C34H39NO4P2Pd. The van der Waals surface area contributed by atoms with Gasteiger partial charge in [0.25, 0.3) is 0 Å². The van der Waals surface area contributed by atoms with Crippen molar-refractivity contribution in [2.24, 2.45) is 0 Å². The number of hydrogen-bond acceptors (Lipinski definition) is 5. The molecule has 0 bridgehead atoms. The van der Waals surface area contributed by atoms with Crippen LogP contribution in [0.5, 0.6) is 0 Å². The summed E-state index contributed by atoms with van der Waals surface area (Å²) in [4.78, 5) is 20.5. The van der Waals surface area contributed by atoms with Crippen LogP contribution in [0, 0.1) is 0 Å². The average Bonchev–Trinajstić information content (AvgIpc) is 2.98. The summed E-state index contributed by atoms with van der Waals surface area (Å²) in [6.45, 7) is 5.39. The number of nitrogens with zero attached hydrogens (tertiary/aromatic N) is 1. The average molecular weight is 694 g/mol. The zero-order valence-electron chi connectivity index (χ0n) is 24.4. The van der Waals surface area contributed by atoms with E-state index in [1.54, 1.807) is 0 Å². The Kier molecular flexibility index (Phi) is 19.5. The maximum absolute atomic E-state index is 8.89. The third kappa shape index (κ3) is 15.0. The molecule has 0 aliphatic carbocycles. The van der Waals surface area contributed by atoms with Gasteiger partial charge in [-0.3, -0.25) is 4.90 Å². The Balaban J connectivity index is 0.000000873. The number of carbonyl (C=O) groups excluding carboxylic acids is 2. The van der Waals surface area contributed by atoms with E-state index in [-0.39, 0.29) is 20.4 Å². The van der Waals surface area contributed by atoms with Gasteiger partial charge in [0.05, 0.1) is 0 Å². The van der Waals surface area contributed by atoms with Gasteiger partial charge in [0, 0.05) is 24.5 Å². The molecule has 4 aromatic rings. The molecule has 0 fully saturated rings. The van der Waals surface area contributed by atoms with Gasteiger partial charge in [-0.1, -0.05) is 135 Å². The molecule has 0 aliphatic rings. The van der Waals surface area contributed by atoms with E-state index < -0.39 is 27.8 Å². The first-order valence-corrected chi connectivity index (χ1v) is 16.7. The van der Waals surface area contributed by atoms with E-state index in [1.807, 2.05) is 0 Å². The number of rotatable bonds is 11. The predicted molar refractivity (Wildman–Crippen MR) is 171 cm³/mol. The maximum Gasteiger partial charge on any atom is 2.00 e. The number of benzene rings is 4. The van der Waals surface area contributed by atoms with Gasteiger partial charge in [0.2, 0.25) is 0 Å². The van der Waals surface area contributed by atoms with Crippen molar-refractivity contribution in [2.75, 3.05) is 19.1 Å². The molecule has 0 atom stereocenters. The number of carboxylic acids is 2. The summed E-state index contributed by atoms with van der Waals surface area (Å²) >= 11 is 0. The fourth-order valence-corrected chi connectivity index (χ4v) is 8.84. The Morgan fingerprint density at radius 1 is 0.571 bits per heavy atom. The molecule has 8 heteroatoms. The monoisotopic (exact) mass is 693 g/mol. The molecule has 0 amide bonds. The molecule has 0 heterocycles. The van der Waals surface area contributed by atoms with Gasteiger partial charge >= 0.3 is 20.4 Å². The molecule has 4 rings (SSSR count). The second-order valence-electron chi connectivity index (χ2n) is 9.21. The molecule has 224 valence electrons. The topological polar surface area (TPSA) is 83.5 Å². The van der Waals surface area contributed by atoms with Crippen molar-refractivity contribution in [3.63, 3.8) is 0 Å². The molecule has 0 aliphatic heterocycles. The standard InChI is InChI=1S/C30H33NP2.2C2H4O2.Pd/c1-2-3-24-31(25-32(27-16-8-4-9-17-27)28-18-10-5-11-19-28)26-33(29-20-12-6-13-21-29)30-22-14-7-15-23-30;2*1-2(3)4;/h4-23H,2-3,24-26H2,1H3;2*1H3,(H,3,4);/q;;;+2/p-2. The number of hydrogen-bond donors (Lipinski definition) is 0. The largest absolute Gasteiger partial charge is 2.00 e. The summed E-state index contributed by atoms with van der Waals surface area (Å²) < 4.78 is 0. The zero-order chi connectivity index (χ0) is 29.9.